The largest absolute Gasteiger partial charge is 0.472 e. The molecule has 0 aliphatic heterocycles. The number of hydrogen-bond acceptors (Lipinski definition) is 7. The monoisotopic (exact) mass is 1420 g/mol. The Morgan fingerprint density at radius 1 is 0.304 bits per heavy atom. The standard InChI is InChI=1S/C92H138NO8P/c1-6-8-10-12-14-16-18-20-22-24-26-28-30-32-34-36-38-40-42-44-45-46-47-49-51-53-55-57-59-61-63-65-67-69-71-73-75-77-79-81-83-85-92(95)101-90(89-100-102(96,97)99-87-86-93(3,4)5)88-98-91(94)84-82-80-78-76-74-72-70-68-66-64-62-60-58-56-54-52-50-48-43-41-39-37-35-33-31-29-27-25-23-21-19-17-15-13-11-9-7-2/h8-11,14-17,20-23,26-29,32-35,38-41,44-45,47-50,53-56,59-62,65-68,71-74,90H,6-7,12-13,18-19,24-25,30-31,36-37,42-43,46,51-52,57-58,63-64,69-70,75-89H2,1-5H3/p+1/b10-8-,11-9-,16-14-,17-15-,22-20-,23-21-,28-26-,29-27-,34-32-,35-33-,40-38-,41-39-,45-44-,49-47-,50-48-,55-53-,56-54-,61-59-,62-60-,67-65-,68-66-,73-71-,74-72-. The fraction of sp³-hybridized carbons (Fsp3) is 0.478. The summed E-state index contributed by atoms with van der Waals surface area (Å²) >= 11 is 0. The fourth-order valence-electron chi connectivity index (χ4n) is 9.12. The van der Waals surface area contributed by atoms with Crippen LogP contribution in [-0.2, 0) is 32.7 Å². The Labute approximate surface area is 623 Å². The van der Waals surface area contributed by atoms with Gasteiger partial charge in [0.15, 0.2) is 6.10 Å². The molecule has 2 atom stereocenters. The molecule has 0 saturated carbocycles. The summed E-state index contributed by atoms with van der Waals surface area (Å²) in [6.07, 6.45) is 132. The third kappa shape index (κ3) is 82.0. The highest BCUT2D eigenvalue weighted by Gasteiger charge is 2.27. The van der Waals surface area contributed by atoms with E-state index in [0.29, 0.717) is 23.9 Å². The number of ether oxygens (including phenoxy) is 2. The molecule has 0 rings (SSSR count). The minimum absolute atomic E-state index is 0.00426. The Hall–Kier alpha value is -6.97. The van der Waals surface area contributed by atoms with Crippen molar-refractivity contribution in [1.82, 2.24) is 0 Å². The molecule has 0 aliphatic rings. The minimum atomic E-state index is -4.43. The lowest BCUT2D eigenvalue weighted by Crippen LogP contribution is -2.37. The Bertz CT molecular complexity index is 2780. The SMILES string of the molecule is CC/C=C\C/C=C\C/C=C\C/C=C\C/C=C\C/C=C\C/C=C\C/C=C\C/C=C\C/C=C\C/C=C\C/C=C\CCCCCCC(=O)OC(COC(=O)CCCCC/C=C\C/C=C\C/C=C\C/C=C\C/C=C\C/C=C\C/C=C\C/C=C\C/C=C\C/C=C\C/C=C\CC)COP(=O)(O)OCC[N+](C)(C)C. The Morgan fingerprint density at radius 3 is 0.784 bits per heavy atom. The highest BCUT2D eigenvalue weighted by Crippen LogP contribution is 2.43. The van der Waals surface area contributed by atoms with Crippen molar-refractivity contribution in [3.8, 4) is 0 Å². The van der Waals surface area contributed by atoms with Crippen LogP contribution in [0.3, 0.4) is 0 Å². The lowest BCUT2D eigenvalue weighted by Gasteiger charge is -2.24. The quantitative estimate of drug-likeness (QED) is 0.0211. The first kappa shape index (κ1) is 95.0. The first-order valence-electron chi connectivity index (χ1n) is 38.7. The van der Waals surface area contributed by atoms with Crippen LogP contribution in [0.1, 0.15) is 232 Å². The summed E-state index contributed by atoms with van der Waals surface area (Å²) in [6.45, 7) is 4.09. The molecule has 0 aliphatic carbocycles. The van der Waals surface area contributed by atoms with Gasteiger partial charge >= 0.3 is 19.8 Å². The fourth-order valence-corrected chi connectivity index (χ4v) is 9.86. The van der Waals surface area contributed by atoms with Gasteiger partial charge < -0.3 is 18.9 Å². The van der Waals surface area contributed by atoms with Gasteiger partial charge in [0.1, 0.15) is 19.8 Å². The molecule has 10 heteroatoms. The molecule has 0 radical (unpaired) electrons. The van der Waals surface area contributed by atoms with Gasteiger partial charge in [-0.25, -0.2) is 4.57 Å². The van der Waals surface area contributed by atoms with Crippen LogP contribution in [-0.4, -0.2) is 74.9 Å². The van der Waals surface area contributed by atoms with E-state index in [1.165, 1.54) is 0 Å². The van der Waals surface area contributed by atoms with Gasteiger partial charge in [0.05, 0.1) is 27.7 Å². The third-order valence-electron chi connectivity index (χ3n) is 14.9. The van der Waals surface area contributed by atoms with Crippen LogP contribution in [0.2, 0.25) is 0 Å². The molecule has 9 nitrogen and oxygen atoms in total. The highest BCUT2D eigenvalue weighted by atomic mass is 31.2. The van der Waals surface area contributed by atoms with Crippen molar-refractivity contribution in [2.24, 2.45) is 0 Å². The number of quaternary nitrogens is 1. The number of unbranched alkanes of at least 4 members (excludes halogenated alkanes) is 7. The number of likely N-dealkylation sites (N-methyl/N-ethyl adjacent to an activating group) is 1. The van der Waals surface area contributed by atoms with E-state index in [0.717, 1.165) is 193 Å². The molecule has 0 aromatic carbocycles. The Kier molecular flexibility index (Phi) is 72.8. The van der Waals surface area contributed by atoms with E-state index in [-0.39, 0.29) is 26.1 Å². The van der Waals surface area contributed by atoms with Crippen molar-refractivity contribution in [2.75, 3.05) is 47.5 Å². The smallest absolute Gasteiger partial charge is 0.462 e. The van der Waals surface area contributed by atoms with Gasteiger partial charge in [-0.2, -0.15) is 0 Å². The normalized spacial score (nSPS) is 14.6. The van der Waals surface area contributed by atoms with E-state index in [9.17, 15) is 19.0 Å². The van der Waals surface area contributed by atoms with Crippen LogP contribution >= 0.6 is 7.82 Å². The first-order chi connectivity index (χ1) is 50.0. The maximum atomic E-state index is 12.9. The molecule has 0 heterocycles. The first-order valence-corrected chi connectivity index (χ1v) is 40.2. The van der Waals surface area contributed by atoms with Gasteiger partial charge in [-0.3, -0.25) is 18.6 Å². The topological polar surface area (TPSA) is 108 Å². The van der Waals surface area contributed by atoms with Gasteiger partial charge in [0, 0.05) is 12.8 Å². The number of phosphoric ester groups is 1. The predicted octanol–water partition coefficient (Wildman–Crippen LogP) is 26.4. The van der Waals surface area contributed by atoms with E-state index in [2.05, 4.69) is 293 Å². The van der Waals surface area contributed by atoms with Crippen molar-refractivity contribution in [1.29, 1.82) is 0 Å². The molecule has 2 unspecified atom stereocenters. The molecular formula is C92H139NO8P+. The van der Waals surface area contributed by atoms with E-state index in [1.807, 2.05) is 21.1 Å². The predicted molar refractivity (Wildman–Crippen MR) is 444 cm³/mol. The molecule has 0 aromatic rings. The summed E-state index contributed by atoms with van der Waals surface area (Å²) in [7, 11) is 1.40. The molecule has 564 valence electrons. The third-order valence-corrected chi connectivity index (χ3v) is 15.9. The summed E-state index contributed by atoms with van der Waals surface area (Å²) in [5, 5.41) is 0. The van der Waals surface area contributed by atoms with E-state index < -0.39 is 32.5 Å². The molecule has 0 aromatic heterocycles. The van der Waals surface area contributed by atoms with Crippen LogP contribution in [0.15, 0.2) is 279 Å². The number of esters is 2. The lowest BCUT2D eigenvalue weighted by atomic mass is 10.1. The van der Waals surface area contributed by atoms with Crippen LogP contribution < -0.4 is 0 Å². The Morgan fingerprint density at radius 2 is 0.529 bits per heavy atom. The van der Waals surface area contributed by atoms with E-state index >= 15 is 0 Å². The zero-order chi connectivity index (χ0) is 74.0. The number of carbonyl (C=O) groups excluding carboxylic acids is 2. The van der Waals surface area contributed by atoms with Crippen LogP contribution in [0, 0.1) is 0 Å². The molecule has 0 spiro atoms. The number of hydrogen-bond donors (Lipinski definition) is 1. The Balaban J connectivity index is 4.26. The summed E-state index contributed by atoms with van der Waals surface area (Å²) in [6, 6.07) is 0. The van der Waals surface area contributed by atoms with E-state index in [1.54, 1.807) is 0 Å². The molecule has 1 N–H and O–H groups in total. The maximum Gasteiger partial charge on any atom is 0.472 e. The van der Waals surface area contributed by atoms with Gasteiger partial charge in [0.25, 0.3) is 0 Å². The van der Waals surface area contributed by atoms with Gasteiger partial charge in [-0.1, -0.05) is 313 Å². The van der Waals surface area contributed by atoms with Crippen molar-refractivity contribution in [2.45, 2.75) is 238 Å². The molecular weight excluding hydrogens is 1280 g/mol. The van der Waals surface area contributed by atoms with Crippen molar-refractivity contribution in [3.05, 3.63) is 279 Å². The zero-order valence-corrected chi connectivity index (χ0v) is 65.1. The van der Waals surface area contributed by atoms with Gasteiger partial charge in [-0.15, -0.1) is 0 Å². The minimum Gasteiger partial charge on any atom is -0.462 e. The number of phosphoric acid groups is 1. The summed E-state index contributed by atoms with van der Waals surface area (Å²) < 4.78 is 34.7. The van der Waals surface area contributed by atoms with Crippen molar-refractivity contribution in [3.63, 3.8) is 0 Å². The molecule has 0 fully saturated rings. The van der Waals surface area contributed by atoms with Gasteiger partial charge in [-0.05, 0) is 186 Å². The second kappa shape index (κ2) is 78.2. The van der Waals surface area contributed by atoms with Crippen LogP contribution in [0.25, 0.3) is 0 Å². The van der Waals surface area contributed by atoms with Crippen LogP contribution in [0.5, 0.6) is 0 Å². The lowest BCUT2D eigenvalue weighted by molar-refractivity contribution is -0.870. The number of nitrogens with zero attached hydrogens (tertiary/aromatic N) is 1. The van der Waals surface area contributed by atoms with Gasteiger partial charge in [0.2, 0.25) is 0 Å². The summed E-state index contributed by atoms with van der Waals surface area (Å²) in [5.41, 5.74) is 0. The molecule has 0 saturated heterocycles. The van der Waals surface area contributed by atoms with Crippen molar-refractivity contribution < 1.29 is 42.1 Å². The summed E-state index contributed by atoms with van der Waals surface area (Å²) in [5.74, 6) is -0.890. The van der Waals surface area contributed by atoms with Crippen LogP contribution in [0.4, 0.5) is 0 Å². The van der Waals surface area contributed by atoms with E-state index in [4.69, 9.17) is 18.5 Å². The number of carbonyl (C=O) groups is 2. The average molecular weight is 1420 g/mol. The maximum absolute atomic E-state index is 12.9. The second-order valence-electron chi connectivity index (χ2n) is 25.6. The number of rotatable bonds is 67. The zero-order valence-electron chi connectivity index (χ0n) is 64.2. The second-order valence-corrected chi connectivity index (χ2v) is 27.0. The average Bonchev–Trinajstić information content (AvgIpc) is 0.916. The summed E-state index contributed by atoms with van der Waals surface area (Å²) in [4.78, 5) is 35.9. The molecule has 0 bridgehead atoms. The van der Waals surface area contributed by atoms with Crippen molar-refractivity contribution >= 4 is 19.8 Å². The molecule has 102 heavy (non-hydrogen) atoms. The number of allylic oxidation sites excluding steroid dienone is 46. The highest BCUT2D eigenvalue weighted by molar-refractivity contribution is 7.47. The molecule has 0 amide bonds.